The van der Waals surface area contributed by atoms with Crippen molar-refractivity contribution >= 4 is 11.9 Å². The molecular formula is C18H18N2O3. The molecule has 5 nitrogen and oxygen atoms in total. The number of benzene rings is 1. The van der Waals surface area contributed by atoms with Gasteiger partial charge in [-0.05, 0) is 43.0 Å². The Morgan fingerprint density at radius 2 is 2.04 bits per heavy atom. The Morgan fingerprint density at radius 3 is 2.78 bits per heavy atom. The van der Waals surface area contributed by atoms with E-state index in [1.54, 1.807) is 6.92 Å². The minimum Gasteiger partial charge on any atom is -0.478 e. The molecule has 3 rings (SSSR count). The lowest BCUT2D eigenvalue weighted by Crippen LogP contribution is -2.28. The molecule has 0 spiro atoms. The molecule has 1 aromatic heterocycles. The molecule has 0 fully saturated rings. The molecule has 0 saturated carbocycles. The third kappa shape index (κ3) is 3.08. The molecule has 2 aromatic rings. The first-order valence-corrected chi connectivity index (χ1v) is 7.63. The molecule has 0 bridgehead atoms. The number of aromatic nitrogens is 1. The zero-order valence-electron chi connectivity index (χ0n) is 12.9. The van der Waals surface area contributed by atoms with E-state index in [0.717, 1.165) is 12.8 Å². The van der Waals surface area contributed by atoms with Crippen molar-refractivity contribution in [1.82, 2.24) is 10.3 Å². The van der Waals surface area contributed by atoms with Gasteiger partial charge in [0.05, 0.1) is 11.3 Å². The van der Waals surface area contributed by atoms with Crippen LogP contribution >= 0.6 is 0 Å². The highest BCUT2D eigenvalue weighted by Gasteiger charge is 2.22. The zero-order chi connectivity index (χ0) is 16.4. The van der Waals surface area contributed by atoms with Gasteiger partial charge in [0.1, 0.15) is 5.69 Å². The number of nitrogens with one attached hydrogen (secondary N) is 1. The van der Waals surface area contributed by atoms with Crippen molar-refractivity contribution in [3.63, 3.8) is 0 Å². The van der Waals surface area contributed by atoms with E-state index in [1.165, 1.54) is 23.3 Å². The van der Waals surface area contributed by atoms with E-state index in [9.17, 15) is 9.59 Å². The number of aryl methyl sites for hydroxylation is 2. The topological polar surface area (TPSA) is 79.3 Å². The quantitative estimate of drug-likeness (QED) is 0.909. The summed E-state index contributed by atoms with van der Waals surface area (Å²) in [7, 11) is 0. The third-order valence-corrected chi connectivity index (χ3v) is 4.31. The predicted octanol–water partition coefficient (Wildman–Crippen LogP) is 2.55. The lowest BCUT2D eigenvalue weighted by Gasteiger charge is -2.13. The molecule has 1 aliphatic carbocycles. The van der Waals surface area contributed by atoms with Crippen LogP contribution in [0.3, 0.4) is 0 Å². The van der Waals surface area contributed by atoms with E-state index in [1.807, 2.05) is 12.1 Å². The van der Waals surface area contributed by atoms with Gasteiger partial charge in [-0.1, -0.05) is 24.3 Å². The Balaban J connectivity index is 1.67. The van der Waals surface area contributed by atoms with Crippen LogP contribution in [0.5, 0.6) is 0 Å². The van der Waals surface area contributed by atoms with Gasteiger partial charge < -0.3 is 10.4 Å². The van der Waals surface area contributed by atoms with Crippen molar-refractivity contribution < 1.29 is 14.7 Å². The number of amides is 1. The van der Waals surface area contributed by atoms with Crippen LogP contribution in [0.4, 0.5) is 0 Å². The molecule has 1 unspecified atom stereocenters. The smallest absolute Gasteiger partial charge is 0.337 e. The largest absolute Gasteiger partial charge is 0.478 e. The molecule has 0 aliphatic heterocycles. The molecule has 1 aromatic carbocycles. The molecule has 1 atom stereocenters. The van der Waals surface area contributed by atoms with Crippen LogP contribution in [0.1, 0.15) is 50.0 Å². The van der Waals surface area contributed by atoms with Crippen LogP contribution < -0.4 is 5.32 Å². The molecule has 0 saturated heterocycles. The second-order valence-corrected chi connectivity index (χ2v) is 5.78. The Labute approximate surface area is 134 Å². The summed E-state index contributed by atoms with van der Waals surface area (Å²) in [5.41, 5.74) is 3.37. The van der Waals surface area contributed by atoms with E-state index >= 15 is 0 Å². The number of hydrogen-bond donors (Lipinski definition) is 2. The Bertz CT molecular complexity index is 771. The maximum atomic E-state index is 12.2. The van der Waals surface area contributed by atoms with Gasteiger partial charge >= 0.3 is 5.97 Å². The second-order valence-electron chi connectivity index (χ2n) is 5.78. The number of carbonyl (C=O) groups excluding carboxylic acids is 1. The average Bonchev–Trinajstić information content (AvgIpc) is 2.95. The van der Waals surface area contributed by atoms with Gasteiger partial charge in [-0.25, -0.2) is 9.78 Å². The number of pyridine rings is 1. The van der Waals surface area contributed by atoms with E-state index in [2.05, 4.69) is 22.4 Å². The fourth-order valence-electron chi connectivity index (χ4n) is 3.08. The maximum Gasteiger partial charge on any atom is 0.337 e. The number of nitrogens with zero attached hydrogens (tertiary/aromatic N) is 1. The first-order chi connectivity index (χ1) is 11.1. The van der Waals surface area contributed by atoms with Crippen molar-refractivity contribution in [3.05, 3.63) is 64.5 Å². The molecule has 5 heteroatoms. The summed E-state index contributed by atoms with van der Waals surface area (Å²) < 4.78 is 0. The van der Waals surface area contributed by atoms with Gasteiger partial charge in [-0.2, -0.15) is 0 Å². The first-order valence-electron chi connectivity index (χ1n) is 7.63. The minimum absolute atomic E-state index is 0.117. The van der Waals surface area contributed by atoms with Crippen molar-refractivity contribution in [2.24, 2.45) is 0 Å². The molecule has 1 aliphatic rings. The summed E-state index contributed by atoms with van der Waals surface area (Å²) in [6.07, 6.45) is 2.07. The lowest BCUT2D eigenvalue weighted by molar-refractivity contribution is 0.0694. The number of carboxylic acids is 1. The Hall–Kier alpha value is -2.69. The fourth-order valence-corrected chi connectivity index (χ4v) is 3.08. The number of rotatable bonds is 4. The van der Waals surface area contributed by atoms with Crippen LogP contribution in [0, 0.1) is 6.92 Å². The number of hydrogen-bond acceptors (Lipinski definition) is 3. The number of carboxylic acid groups (broad SMARTS) is 1. The van der Waals surface area contributed by atoms with Crippen molar-refractivity contribution in [3.8, 4) is 0 Å². The summed E-state index contributed by atoms with van der Waals surface area (Å²) in [6, 6.07) is 11.2. The van der Waals surface area contributed by atoms with Crippen LogP contribution in [0.15, 0.2) is 36.4 Å². The molecule has 2 N–H and O–H groups in total. The summed E-state index contributed by atoms with van der Waals surface area (Å²) >= 11 is 0. The van der Waals surface area contributed by atoms with Gasteiger partial charge in [0.25, 0.3) is 5.91 Å². The van der Waals surface area contributed by atoms with Gasteiger partial charge in [0.2, 0.25) is 0 Å². The third-order valence-electron chi connectivity index (χ3n) is 4.31. The molecular weight excluding hydrogens is 292 g/mol. The normalized spacial score (nSPS) is 16.0. The number of carbonyl (C=O) groups is 2. The van der Waals surface area contributed by atoms with E-state index in [0.29, 0.717) is 18.2 Å². The molecule has 0 radical (unpaired) electrons. The molecule has 118 valence electrons. The van der Waals surface area contributed by atoms with Crippen LogP contribution in [0.2, 0.25) is 0 Å². The fraction of sp³-hybridized carbons (Fsp3) is 0.278. The standard InChI is InChI=1S/C18H18N2O3/c1-11-14(18(22)23)8-9-16(20-11)17(21)19-10-13-7-6-12-4-2-3-5-15(12)13/h2-5,8-9,13H,6-7,10H2,1H3,(H,19,21)(H,22,23). The highest BCUT2D eigenvalue weighted by atomic mass is 16.4. The van der Waals surface area contributed by atoms with E-state index in [4.69, 9.17) is 5.11 Å². The van der Waals surface area contributed by atoms with E-state index < -0.39 is 5.97 Å². The second kappa shape index (κ2) is 6.20. The average molecular weight is 310 g/mol. The molecule has 23 heavy (non-hydrogen) atoms. The monoisotopic (exact) mass is 310 g/mol. The van der Waals surface area contributed by atoms with Crippen molar-refractivity contribution in [2.45, 2.75) is 25.7 Å². The Kier molecular flexibility index (Phi) is 4.10. The van der Waals surface area contributed by atoms with Gasteiger partial charge in [-0.3, -0.25) is 4.79 Å². The summed E-state index contributed by atoms with van der Waals surface area (Å²) in [5.74, 6) is -0.978. The van der Waals surface area contributed by atoms with Gasteiger partial charge in [0, 0.05) is 12.5 Å². The number of aromatic carboxylic acids is 1. The first kappa shape index (κ1) is 15.2. The molecule has 1 amide bonds. The number of fused-ring (bicyclic) bond motifs is 1. The van der Waals surface area contributed by atoms with E-state index in [-0.39, 0.29) is 17.2 Å². The lowest BCUT2D eigenvalue weighted by atomic mass is 10.0. The Morgan fingerprint density at radius 1 is 1.26 bits per heavy atom. The van der Waals surface area contributed by atoms with Crippen molar-refractivity contribution in [2.75, 3.05) is 6.54 Å². The predicted molar refractivity (Wildman–Crippen MR) is 85.8 cm³/mol. The summed E-state index contributed by atoms with van der Waals surface area (Å²) in [6.45, 7) is 2.16. The van der Waals surface area contributed by atoms with Crippen LogP contribution in [-0.4, -0.2) is 28.5 Å². The van der Waals surface area contributed by atoms with Crippen LogP contribution in [-0.2, 0) is 6.42 Å². The minimum atomic E-state index is -1.04. The highest BCUT2D eigenvalue weighted by molar-refractivity contribution is 5.94. The molecule has 1 heterocycles. The summed E-state index contributed by atoms with van der Waals surface area (Å²) in [5, 5.41) is 11.9. The zero-order valence-corrected chi connectivity index (χ0v) is 12.9. The van der Waals surface area contributed by atoms with Crippen LogP contribution in [0.25, 0.3) is 0 Å². The van der Waals surface area contributed by atoms with Crippen molar-refractivity contribution in [1.29, 1.82) is 0 Å². The maximum absolute atomic E-state index is 12.2. The van der Waals surface area contributed by atoms with Gasteiger partial charge in [-0.15, -0.1) is 0 Å². The SMILES string of the molecule is Cc1nc(C(=O)NCC2CCc3ccccc32)ccc1C(=O)O. The highest BCUT2D eigenvalue weighted by Crippen LogP contribution is 2.32. The summed E-state index contributed by atoms with van der Waals surface area (Å²) in [4.78, 5) is 27.3. The van der Waals surface area contributed by atoms with Gasteiger partial charge in [0.15, 0.2) is 0 Å².